The van der Waals surface area contributed by atoms with Gasteiger partial charge >= 0.3 is 5.97 Å². The van der Waals surface area contributed by atoms with E-state index in [0.29, 0.717) is 53.1 Å². The van der Waals surface area contributed by atoms with Gasteiger partial charge in [-0.15, -0.1) is 11.8 Å². The van der Waals surface area contributed by atoms with Crippen LogP contribution in [-0.2, 0) is 48.4 Å². The SMILES string of the molecule is COc1ccc(C(Nc2ncnc3c2ncn3[C@@H]2O[C@H](CO[Si](C)(C)C(C)(C)C)C(OCOC(C)=O)C2C)(c2ccccc2)c2ccccc2)cc1.COc1ccc(C(Nc2ncnc3c2ncn3[C@@H]2O[C@H](CO[Si](C)(C)C(C)(C)C)C(OCSC)C2C)(c2ccccc2)c2ccccc2)cc1. The molecule has 10 aromatic rings. The maximum Gasteiger partial charge on any atom is 0.304 e. The number of nitrogens with zero attached hydrogens (tertiary/aromatic N) is 8. The van der Waals surface area contributed by atoms with Gasteiger partial charge in [0.15, 0.2) is 57.4 Å². The van der Waals surface area contributed by atoms with Crippen molar-refractivity contribution in [3.8, 4) is 11.5 Å². The Morgan fingerprint density at radius 3 is 1.17 bits per heavy atom. The molecule has 2 fully saturated rings. The minimum Gasteiger partial charge on any atom is -0.497 e. The van der Waals surface area contributed by atoms with E-state index in [0.717, 1.165) is 44.9 Å². The molecule has 538 valence electrons. The number of esters is 1. The van der Waals surface area contributed by atoms with E-state index in [9.17, 15) is 4.79 Å². The van der Waals surface area contributed by atoms with Crippen molar-refractivity contribution in [2.75, 3.05) is 57.1 Å². The van der Waals surface area contributed by atoms with Gasteiger partial charge in [0.1, 0.15) is 59.9 Å². The molecule has 0 bridgehead atoms. The molecule has 20 nitrogen and oxygen atoms in total. The van der Waals surface area contributed by atoms with Crippen molar-refractivity contribution in [2.24, 2.45) is 11.8 Å². The molecule has 2 saturated heterocycles. The van der Waals surface area contributed by atoms with Crippen LogP contribution < -0.4 is 20.1 Å². The summed E-state index contributed by atoms with van der Waals surface area (Å²) in [5.74, 6) is 2.72. The van der Waals surface area contributed by atoms with Gasteiger partial charge in [-0.2, -0.15) is 0 Å². The van der Waals surface area contributed by atoms with Gasteiger partial charge in [-0.3, -0.25) is 13.9 Å². The number of rotatable bonds is 26. The quantitative estimate of drug-likeness (QED) is 0.0223. The molecule has 6 aromatic carbocycles. The minimum absolute atomic E-state index is 0.0194. The standard InChI is InChI=1S/C40H49N5O6Si.C39H49N5O4SSi/c1-27-35(49-26-48-28(2)46)33(23-50-52(7,8)39(3,4)5)51-38(27)45-25-43-34-36(41-24-42-37(34)45)44-40(29-15-11-9-12-16-29,30-17-13-10-14-18-30)31-19-21-32(47-6)22-20-31;1-27-34(46-26-49-6)32(23-47-50(7,8)38(2,3)4)48-37(27)44-25-42-33-35(40-24-41-36(33)44)43-39(28-15-11-9-12-16-28,29-17-13-10-14-18-29)30-19-21-31(45-5)22-20-30/h9-22,24-25,27,33,35,38H,23,26H2,1-8H3,(H,41,42,44);9-22,24-25,27,32,34,37H,23,26H2,1-8H3,(H,40,41,43)/t27?,33-,35?,38-;27?,32-,34?,37-/m11/s1. The molecule has 0 aliphatic carbocycles. The number of hydrogen-bond acceptors (Lipinski definition) is 19. The van der Waals surface area contributed by atoms with Crippen LogP contribution in [0, 0.1) is 11.8 Å². The fraction of sp³-hybridized carbons (Fsp3) is 0.405. The Balaban J connectivity index is 0.000000205. The highest BCUT2D eigenvalue weighted by atomic mass is 32.2. The van der Waals surface area contributed by atoms with E-state index in [4.69, 9.17) is 71.9 Å². The first-order valence-electron chi connectivity index (χ1n) is 34.7. The number of hydrogen-bond donors (Lipinski definition) is 2. The molecule has 23 heteroatoms. The molecule has 102 heavy (non-hydrogen) atoms. The van der Waals surface area contributed by atoms with Crippen molar-refractivity contribution >= 4 is 68.3 Å². The molecular weight excluding hydrogens is 1340 g/mol. The Morgan fingerprint density at radius 1 is 0.500 bits per heavy atom. The van der Waals surface area contributed by atoms with Crippen molar-refractivity contribution in [1.82, 2.24) is 39.0 Å². The average molecular weight is 1440 g/mol. The molecule has 2 aliphatic heterocycles. The molecule has 4 unspecified atom stereocenters. The molecule has 6 heterocycles. The number of carbonyl (C=O) groups excluding carboxylic acids is 1. The van der Waals surface area contributed by atoms with Crippen molar-refractivity contribution in [3.63, 3.8) is 0 Å². The van der Waals surface area contributed by atoms with E-state index in [1.54, 1.807) is 45.0 Å². The van der Waals surface area contributed by atoms with Gasteiger partial charge in [0, 0.05) is 18.8 Å². The highest BCUT2D eigenvalue weighted by Crippen LogP contribution is 2.47. The van der Waals surface area contributed by atoms with Crippen LogP contribution in [0.5, 0.6) is 11.5 Å². The first kappa shape index (κ1) is 74.8. The summed E-state index contributed by atoms with van der Waals surface area (Å²) in [7, 11) is -0.763. The molecule has 0 radical (unpaired) electrons. The van der Waals surface area contributed by atoms with E-state index in [1.165, 1.54) is 6.92 Å². The first-order valence-corrected chi connectivity index (χ1v) is 41.9. The van der Waals surface area contributed by atoms with Gasteiger partial charge in [0.05, 0.1) is 58.2 Å². The Morgan fingerprint density at radius 2 is 0.843 bits per heavy atom. The van der Waals surface area contributed by atoms with Gasteiger partial charge < -0.3 is 52.6 Å². The van der Waals surface area contributed by atoms with Crippen LogP contribution in [0.4, 0.5) is 11.6 Å². The maximum absolute atomic E-state index is 11.6. The predicted molar refractivity (Wildman–Crippen MR) is 407 cm³/mol. The number of nitrogens with one attached hydrogen (secondary N) is 2. The summed E-state index contributed by atoms with van der Waals surface area (Å²) in [6, 6.07) is 57.6. The zero-order valence-electron chi connectivity index (χ0n) is 61.5. The summed E-state index contributed by atoms with van der Waals surface area (Å²) >= 11 is 1.66. The highest BCUT2D eigenvalue weighted by Gasteiger charge is 2.49. The van der Waals surface area contributed by atoms with Crippen LogP contribution >= 0.6 is 11.8 Å². The Bertz CT molecular complexity index is 4280. The van der Waals surface area contributed by atoms with Crippen molar-refractivity contribution in [3.05, 3.63) is 229 Å². The second-order valence-electron chi connectivity index (χ2n) is 29.2. The molecule has 2 aliphatic rings. The minimum atomic E-state index is -2.10. The number of methoxy groups -OCH3 is 2. The number of aromatic nitrogens is 8. The van der Waals surface area contributed by atoms with Gasteiger partial charge in [0.25, 0.3) is 0 Å². The summed E-state index contributed by atoms with van der Waals surface area (Å²) in [4.78, 5) is 40.5. The molecule has 4 aromatic heterocycles. The molecule has 0 spiro atoms. The lowest BCUT2D eigenvalue weighted by molar-refractivity contribution is -0.163. The number of carbonyl (C=O) groups is 1. The summed E-state index contributed by atoms with van der Waals surface area (Å²) < 4.78 is 59.6. The number of benzene rings is 6. The zero-order chi connectivity index (χ0) is 72.6. The van der Waals surface area contributed by atoms with Crippen LogP contribution in [0.25, 0.3) is 22.3 Å². The highest BCUT2D eigenvalue weighted by molar-refractivity contribution is 7.98. The van der Waals surface area contributed by atoms with Crippen molar-refractivity contribution in [1.29, 1.82) is 0 Å². The maximum atomic E-state index is 11.6. The number of ether oxygens (including phenoxy) is 7. The summed E-state index contributed by atoms with van der Waals surface area (Å²) in [5.41, 5.74) is 6.97. The van der Waals surface area contributed by atoms with Gasteiger partial charge in [-0.05, 0) is 100 Å². The van der Waals surface area contributed by atoms with Crippen LogP contribution in [-0.4, -0.2) is 132 Å². The van der Waals surface area contributed by atoms with Gasteiger partial charge in [-0.1, -0.05) is 201 Å². The largest absolute Gasteiger partial charge is 0.497 e. The molecule has 12 rings (SSSR count). The van der Waals surface area contributed by atoms with Crippen LogP contribution in [0.15, 0.2) is 195 Å². The van der Waals surface area contributed by atoms with Gasteiger partial charge in [-0.25, -0.2) is 29.9 Å². The number of thioether (sulfide) groups is 1. The van der Waals surface area contributed by atoms with Crippen LogP contribution in [0.2, 0.25) is 36.3 Å². The lowest BCUT2D eigenvalue weighted by atomic mass is 9.77. The van der Waals surface area contributed by atoms with E-state index >= 15 is 0 Å². The molecule has 0 saturated carbocycles. The Kier molecular flexibility index (Phi) is 23.3. The average Bonchev–Trinajstić information content (AvgIpc) is 1.17. The third-order valence-electron chi connectivity index (χ3n) is 20.8. The van der Waals surface area contributed by atoms with Crippen LogP contribution in [0.1, 0.15) is 108 Å². The number of fused-ring (bicyclic) bond motifs is 2. The van der Waals surface area contributed by atoms with E-state index < -0.39 is 52.1 Å². The lowest BCUT2D eigenvalue weighted by Gasteiger charge is -2.37. The third kappa shape index (κ3) is 15.6. The lowest BCUT2D eigenvalue weighted by Crippen LogP contribution is -2.44. The summed E-state index contributed by atoms with van der Waals surface area (Å²) in [5, 5.41) is 7.84. The first-order chi connectivity index (χ1) is 48.8. The number of anilines is 2. The monoisotopic (exact) mass is 1430 g/mol. The van der Waals surface area contributed by atoms with Crippen molar-refractivity contribution < 1.29 is 46.8 Å². The van der Waals surface area contributed by atoms with E-state index in [-0.39, 0.29) is 47.1 Å². The normalized spacial score (nSPS) is 19.7. The topological polar surface area (TPSA) is 211 Å². The summed E-state index contributed by atoms with van der Waals surface area (Å²) in [6.07, 6.45) is 6.70. The second-order valence-corrected chi connectivity index (χ2v) is 39.6. The fourth-order valence-corrected chi connectivity index (χ4v) is 15.3. The second kappa shape index (κ2) is 31.7. The molecule has 8 atom stereocenters. The molecule has 2 N–H and O–H groups in total. The third-order valence-corrected chi connectivity index (χ3v) is 30.2. The van der Waals surface area contributed by atoms with Gasteiger partial charge in [0.2, 0.25) is 0 Å². The van der Waals surface area contributed by atoms with Crippen molar-refractivity contribution in [2.45, 2.75) is 147 Å². The molecule has 0 amide bonds. The molecular formula is C79H98N10O10SSi2. The van der Waals surface area contributed by atoms with Crippen LogP contribution in [0.3, 0.4) is 0 Å². The summed E-state index contributed by atoms with van der Waals surface area (Å²) in [6.45, 7) is 28.6. The fourth-order valence-electron chi connectivity index (χ4n) is 13.0. The Labute approximate surface area is 606 Å². The van der Waals surface area contributed by atoms with E-state index in [2.05, 4.69) is 189 Å². The predicted octanol–water partition coefficient (Wildman–Crippen LogP) is 16.2. The number of imidazole rings is 2. The van der Waals surface area contributed by atoms with E-state index in [1.807, 2.05) is 94.5 Å². The smallest absolute Gasteiger partial charge is 0.304 e. The Hall–Kier alpha value is -8.37. The zero-order valence-corrected chi connectivity index (χ0v) is 64.3.